The Bertz CT molecular complexity index is 2610. The van der Waals surface area contributed by atoms with E-state index >= 15 is 0 Å². The number of carbonyl (C=O) groups excluding carboxylic acids is 4. The quantitative estimate of drug-likeness (QED) is 0.0797. The van der Waals surface area contributed by atoms with E-state index in [-0.39, 0.29) is 72.9 Å². The highest BCUT2D eigenvalue weighted by molar-refractivity contribution is 5.89. The Kier molecular flexibility index (Phi) is 15.2. The highest BCUT2D eigenvalue weighted by Crippen LogP contribution is 2.43. The van der Waals surface area contributed by atoms with Crippen molar-refractivity contribution in [2.75, 3.05) is 44.6 Å². The molecule has 5 aromatic rings. The number of ether oxygens (including phenoxy) is 1. The summed E-state index contributed by atoms with van der Waals surface area (Å²) >= 11 is 0. The molecule has 2 aromatic heterocycles. The molecule has 366 valence electrons. The van der Waals surface area contributed by atoms with E-state index in [4.69, 9.17) is 9.72 Å². The van der Waals surface area contributed by atoms with Crippen molar-refractivity contribution in [2.45, 2.75) is 113 Å². The number of hydrogen-bond donors (Lipinski definition) is 5. The summed E-state index contributed by atoms with van der Waals surface area (Å²) in [5.41, 5.74) is 8.42. The smallest absolute Gasteiger partial charge is 0.407 e. The minimum Gasteiger partial charge on any atom is -0.444 e. The van der Waals surface area contributed by atoms with Crippen LogP contribution in [0, 0.1) is 0 Å². The first-order chi connectivity index (χ1) is 33.9. The Morgan fingerprint density at radius 3 is 2.01 bits per heavy atom. The Morgan fingerprint density at radius 1 is 0.657 bits per heavy atom. The number of urea groups is 1. The van der Waals surface area contributed by atoms with E-state index in [9.17, 15) is 19.2 Å². The zero-order valence-electron chi connectivity index (χ0n) is 40.6. The summed E-state index contributed by atoms with van der Waals surface area (Å²) in [4.78, 5) is 67.1. The lowest BCUT2D eigenvalue weighted by molar-refractivity contribution is -0.123. The molecule has 4 aliphatic rings. The van der Waals surface area contributed by atoms with Gasteiger partial charge in [-0.25, -0.2) is 9.59 Å². The zero-order valence-corrected chi connectivity index (χ0v) is 40.6. The summed E-state index contributed by atoms with van der Waals surface area (Å²) in [5.74, 6) is -0.163. The number of amides is 5. The summed E-state index contributed by atoms with van der Waals surface area (Å²) in [6, 6.07) is 32.2. The van der Waals surface area contributed by atoms with Gasteiger partial charge in [-0.3, -0.25) is 29.4 Å². The fraction of sp³-hybridized carbons (Fsp3) is 0.429. The van der Waals surface area contributed by atoms with Gasteiger partial charge in [-0.2, -0.15) is 0 Å². The number of rotatable bonds is 14. The number of pyridine rings is 2. The second kappa shape index (κ2) is 22.0. The van der Waals surface area contributed by atoms with Gasteiger partial charge in [0.15, 0.2) is 0 Å². The maximum atomic E-state index is 14.3. The topological polar surface area (TPSA) is 170 Å². The maximum Gasteiger partial charge on any atom is 0.407 e. The summed E-state index contributed by atoms with van der Waals surface area (Å²) in [6.07, 6.45) is 12.5. The summed E-state index contributed by atoms with van der Waals surface area (Å²) in [6.45, 7) is 8.59. The second-order valence-corrected chi connectivity index (χ2v) is 20.7. The second-order valence-electron chi connectivity index (χ2n) is 20.7. The van der Waals surface area contributed by atoms with Crippen molar-refractivity contribution in [3.05, 3.63) is 161 Å². The number of hydrogen-bond acceptors (Lipinski definition) is 9. The third kappa shape index (κ3) is 12.6. The highest BCUT2D eigenvalue weighted by atomic mass is 16.6. The van der Waals surface area contributed by atoms with E-state index in [1.807, 2.05) is 75.8 Å². The third-order valence-corrected chi connectivity index (χ3v) is 14.3. The van der Waals surface area contributed by atoms with Crippen LogP contribution in [-0.2, 0) is 40.0 Å². The van der Waals surface area contributed by atoms with Crippen molar-refractivity contribution in [2.24, 2.45) is 0 Å². The van der Waals surface area contributed by atoms with Gasteiger partial charge in [-0.05, 0) is 123 Å². The number of aryl methyl sites for hydroxylation is 1. The first kappa shape index (κ1) is 48.4. The van der Waals surface area contributed by atoms with Crippen LogP contribution in [-0.4, -0.2) is 113 Å². The fourth-order valence-corrected chi connectivity index (χ4v) is 11.2. The molecule has 5 amide bonds. The Labute approximate surface area is 411 Å². The highest BCUT2D eigenvalue weighted by Gasteiger charge is 2.40. The van der Waals surface area contributed by atoms with Crippen LogP contribution in [0.3, 0.4) is 0 Å². The molecule has 0 spiro atoms. The molecule has 14 nitrogen and oxygen atoms in total. The molecule has 7 unspecified atom stereocenters. The normalized spacial score (nSPS) is 23.3. The molecule has 9 rings (SSSR count). The molecule has 2 aliphatic carbocycles. The predicted octanol–water partition coefficient (Wildman–Crippen LogP) is 6.88. The number of nitrogens with one attached hydrogen (secondary N) is 5. The van der Waals surface area contributed by atoms with Crippen molar-refractivity contribution in [1.82, 2.24) is 41.0 Å². The van der Waals surface area contributed by atoms with Gasteiger partial charge in [0.1, 0.15) is 5.60 Å². The molecule has 3 aromatic carbocycles. The van der Waals surface area contributed by atoms with E-state index in [1.165, 1.54) is 22.3 Å². The molecule has 2 fully saturated rings. The largest absolute Gasteiger partial charge is 0.444 e. The molecule has 14 heteroatoms. The Hall–Kier alpha value is -6.64. The number of carbonyl (C=O) groups is 4. The third-order valence-electron chi connectivity index (χ3n) is 14.3. The van der Waals surface area contributed by atoms with E-state index in [1.54, 1.807) is 6.20 Å². The number of benzene rings is 3. The predicted molar refractivity (Wildman–Crippen MR) is 271 cm³/mol. The molecule has 70 heavy (non-hydrogen) atoms. The van der Waals surface area contributed by atoms with Gasteiger partial charge >= 0.3 is 12.1 Å². The van der Waals surface area contributed by atoms with Crippen LogP contribution in [0.25, 0.3) is 0 Å². The van der Waals surface area contributed by atoms with Crippen LogP contribution >= 0.6 is 0 Å². The number of anilines is 1. The van der Waals surface area contributed by atoms with Crippen LogP contribution < -0.4 is 26.6 Å². The standard InChI is InChI=1S/C56H67N9O5/c1-56(2,3)70-55(69)61-44-22-25-65(34-44)36-52(67)63-53-47(29-40-14-8-10-18-46(40)49(53)27-37-12-11-23-57-30-37)41-26-38(31-58-32-41)28-48-45-17-9-7-13-39(45)19-20-50(48)62-51(66)35-64-24-21-43(33-64)60-54(68)59-42-15-5-4-6-16-42/h4-18,23,26,30-32,43-44,47-50,53H,19-22,24-25,27-29,33-36H2,1-3H3,(H,61,69)(H,62,66)(H,63,67)(H2,59,60,68). The molecule has 0 bridgehead atoms. The number of fused-ring (bicyclic) bond motifs is 2. The number of alkyl carbamates (subject to hydrolysis) is 1. The molecular formula is C56H67N9O5. The van der Waals surface area contributed by atoms with Gasteiger partial charge in [-0.1, -0.05) is 78.9 Å². The number of nitrogens with zero attached hydrogens (tertiary/aromatic N) is 4. The minimum absolute atomic E-state index is 0.0153. The molecule has 0 radical (unpaired) electrons. The SMILES string of the molecule is CC(C)(C)OC(=O)NC1CCN(CC(=O)NC2C(c3cncc(CC4c5ccccc5CCC4NC(=O)CN4CCC(NC(=O)Nc5ccccc5)C4)c3)Cc3ccccc3C2Cc2cccnc2)C1. The van der Waals surface area contributed by atoms with Gasteiger partial charge in [0.05, 0.1) is 13.1 Å². The van der Waals surface area contributed by atoms with Gasteiger partial charge in [0.2, 0.25) is 11.8 Å². The Balaban J connectivity index is 0.910. The monoisotopic (exact) mass is 946 g/mol. The zero-order chi connectivity index (χ0) is 48.6. The van der Waals surface area contributed by atoms with Crippen LogP contribution in [0.4, 0.5) is 15.3 Å². The summed E-state index contributed by atoms with van der Waals surface area (Å²) < 4.78 is 5.51. The van der Waals surface area contributed by atoms with Crippen LogP contribution in [0.15, 0.2) is 122 Å². The van der Waals surface area contributed by atoms with Gasteiger partial charge < -0.3 is 31.3 Å². The molecule has 2 saturated heterocycles. The van der Waals surface area contributed by atoms with Crippen LogP contribution in [0.1, 0.15) is 96.7 Å². The summed E-state index contributed by atoms with van der Waals surface area (Å²) in [7, 11) is 0. The number of likely N-dealkylation sites (tertiary alicyclic amines) is 2. The fourth-order valence-electron chi connectivity index (χ4n) is 11.2. The molecule has 0 saturated carbocycles. The van der Waals surface area contributed by atoms with Crippen molar-refractivity contribution >= 4 is 29.6 Å². The molecular weight excluding hydrogens is 879 g/mol. The minimum atomic E-state index is -0.593. The first-order valence-corrected chi connectivity index (χ1v) is 25.0. The van der Waals surface area contributed by atoms with E-state index in [0.29, 0.717) is 32.5 Å². The number of para-hydroxylation sites is 1. The van der Waals surface area contributed by atoms with Crippen molar-refractivity contribution < 1.29 is 23.9 Å². The average Bonchev–Trinajstić information content (AvgIpc) is 3.98. The van der Waals surface area contributed by atoms with Crippen LogP contribution in [0.2, 0.25) is 0 Å². The molecule has 2 aliphatic heterocycles. The Morgan fingerprint density at radius 2 is 1.30 bits per heavy atom. The lowest BCUT2D eigenvalue weighted by Crippen LogP contribution is -2.50. The van der Waals surface area contributed by atoms with E-state index in [2.05, 4.69) is 102 Å². The van der Waals surface area contributed by atoms with Gasteiger partial charge in [-0.15, -0.1) is 0 Å². The van der Waals surface area contributed by atoms with E-state index < -0.39 is 11.7 Å². The lowest BCUT2D eigenvalue weighted by Gasteiger charge is -2.41. The maximum absolute atomic E-state index is 14.3. The van der Waals surface area contributed by atoms with Gasteiger partial charge in [0, 0.05) is 98.6 Å². The van der Waals surface area contributed by atoms with Crippen molar-refractivity contribution in [1.29, 1.82) is 0 Å². The first-order valence-electron chi connectivity index (χ1n) is 25.0. The van der Waals surface area contributed by atoms with E-state index in [0.717, 1.165) is 61.0 Å². The van der Waals surface area contributed by atoms with Crippen LogP contribution in [0.5, 0.6) is 0 Å². The average molecular weight is 946 g/mol. The molecule has 4 heterocycles. The van der Waals surface area contributed by atoms with Crippen molar-refractivity contribution in [3.8, 4) is 0 Å². The number of aromatic nitrogens is 2. The van der Waals surface area contributed by atoms with Gasteiger partial charge in [0.25, 0.3) is 0 Å². The molecule has 7 atom stereocenters. The lowest BCUT2D eigenvalue weighted by atomic mass is 9.68. The molecule has 5 N–H and O–H groups in total. The summed E-state index contributed by atoms with van der Waals surface area (Å²) in [5, 5.41) is 16.0. The van der Waals surface area contributed by atoms with Crippen molar-refractivity contribution in [3.63, 3.8) is 0 Å².